The van der Waals surface area contributed by atoms with Crippen LogP contribution in [0.1, 0.15) is 16.7 Å². The normalized spacial score (nSPS) is 11.1. The molecule has 0 aliphatic rings. The Hall–Kier alpha value is -1.10. The number of nitrogens with zero attached hydrogens (tertiary/aromatic N) is 1. The molecule has 5 heteroatoms. The lowest BCUT2D eigenvalue weighted by Crippen LogP contribution is -2.26. The molecule has 2 aromatic carbocycles. The molecule has 0 saturated carbocycles. The Balaban J connectivity index is 2.06. The van der Waals surface area contributed by atoms with Crippen LogP contribution in [0.25, 0.3) is 0 Å². The zero-order valence-corrected chi connectivity index (χ0v) is 13.7. The Bertz CT molecular complexity index is 602. The van der Waals surface area contributed by atoms with E-state index in [0.717, 1.165) is 16.7 Å². The molecular weight excluding hydrogens is 321 g/mol. The molecule has 0 spiro atoms. The number of hydrogen-bond acceptors (Lipinski definition) is 3. The first-order valence-electron chi connectivity index (χ1n) is 7.08. The predicted molar refractivity (Wildman–Crippen MR) is 90.0 cm³/mol. The van der Waals surface area contributed by atoms with Gasteiger partial charge in [0.25, 0.3) is 0 Å². The fourth-order valence-electron chi connectivity index (χ4n) is 2.26. The van der Waals surface area contributed by atoms with Crippen LogP contribution in [0.3, 0.4) is 0 Å². The number of halogens is 2. The van der Waals surface area contributed by atoms with Gasteiger partial charge in [-0.15, -0.1) is 0 Å². The van der Waals surface area contributed by atoms with Crippen molar-refractivity contribution in [1.29, 1.82) is 0 Å². The fourth-order valence-corrected chi connectivity index (χ4v) is 2.58. The highest BCUT2D eigenvalue weighted by Gasteiger charge is 2.08. The van der Waals surface area contributed by atoms with Gasteiger partial charge >= 0.3 is 0 Å². The summed E-state index contributed by atoms with van der Waals surface area (Å²) in [7, 11) is 0. The van der Waals surface area contributed by atoms with E-state index in [9.17, 15) is 5.11 Å². The SMILES string of the molecule is OCCN(Cc1ccc(CO)cc1)Cc1ccc(Cl)c(Cl)c1. The van der Waals surface area contributed by atoms with Gasteiger partial charge in [0.05, 0.1) is 23.3 Å². The van der Waals surface area contributed by atoms with Gasteiger partial charge in [0.15, 0.2) is 0 Å². The summed E-state index contributed by atoms with van der Waals surface area (Å²) in [6.45, 7) is 2.10. The number of rotatable bonds is 7. The molecule has 0 bridgehead atoms. The maximum absolute atomic E-state index is 9.25. The summed E-state index contributed by atoms with van der Waals surface area (Å²) >= 11 is 12.0. The Morgan fingerprint density at radius 2 is 1.36 bits per heavy atom. The monoisotopic (exact) mass is 339 g/mol. The minimum atomic E-state index is 0.0455. The summed E-state index contributed by atoms with van der Waals surface area (Å²) < 4.78 is 0. The Kier molecular flexibility index (Phi) is 6.68. The standard InChI is InChI=1S/C17H19Cl2NO2/c18-16-6-5-15(9-17(16)19)11-20(7-8-21)10-13-1-3-14(12-22)4-2-13/h1-6,9,21-22H,7-8,10-12H2. The first-order valence-corrected chi connectivity index (χ1v) is 7.84. The van der Waals surface area contributed by atoms with E-state index in [1.54, 1.807) is 6.07 Å². The lowest BCUT2D eigenvalue weighted by Gasteiger charge is -2.22. The Morgan fingerprint density at radius 3 is 1.95 bits per heavy atom. The van der Waals surface area contributed by atoms with Gasteiger partial charge in [-0.2, -0.15) is 0 Å². The van der Waals surface area contributed by atoms with Crippen molar-refractivity contribution in [2.24, 2.45) is 0 Å². The van der Waals surface area contributed by atoms with Crippen LogP contribution in [0.4, 0.5) is 0 Å². The van der Waals surface area contributed by atoms with Crippen molar-refractivity contribution in [2.75, 3.05) is 13.2 Å². The van der Waals surface area contributed by atoms with Crippen LogP contribution < -0.4 is 0 Å². The number of hydrogen-bond donors (Lipinski definition) is 2. The van der Waals surface area contributed by atoms with Crippen LogP contribution in [0.5, 0.6) is 0 Å². The van der Waals surface area contributed by atoms with Crippen molar-refractivity contribution in [3.8, 4) is 0 Å². The summed E-state index contributed by atoms with van der Waals surface area (Å²) in [5.74, 6) is 0. The van der Waals surface area contributed by atoms with Crippen LogP contribution in [-0.4, -0.2) is 28.3 Å². The average Bonchev–Trinajstić information content (AvgIpc) is 2.52. The molecule has 3 nitrogen and oxygen atoms in total. The van der Waals surface area contributed by atoms with Crippen molar-refractivity contribution in [1.82, 2.24) is 4.90 Å². The van der Waals surface area contributed by atoms with Crippen molar-refractivity contribution in [3.63, 3.8) is 0 Å². The first kappa shape index (κ1) is 17.3. The fraction of sp³-hybridized carbons (Fsp3) is 0.294. The zero-order valence-electron chi connectivity index (χ0n) is 12.2. The van der Waals surface area contributed by atoms with E-state index in [0.29, 0.717) is 29.7 Å². The zero-order chi connectivity index (χ0) is 15.9. The minimum Gasteiger partial charge on any atom is -0.395 e. The van der Waals surface area contributed by atoms with Crippen LogP contribution in [0.15, 0.2) is 42.5 Å². The van der Waals surface area contributed by atoms with Gasteiger partial charge in [-0.3, -0.25) is 4.90 Å². The van der Waals surface area contributed by atoms with Crippen molar-refractivity contribution in [3.05, 3.63) is 69.2 Å². The molecule has 0 unspecified atom stereocenters. The maximum atomic E-state index is 9.25. The Morgan fingerprint density at radius 1 is 0.773 bits per heavy atom. The molecule has 0 heterocycles. The molecule has 0 aromatic heterocycles. The summed E-state index contributed by atoms with van der Waals surface area (Å²) in [6, 6.07) is 13.4. The Labute approximate surface area is 140 Å². The number of aliphatic hydroxyl groups excluding tert-OH is 2. The molecule has 2 N–H and O–H groups in total. The van der Waals surface area contributed by atoms with E-state index in [1.165, 1.54) is 0 Å². The summed E-state index contributed by atoms with van der Waals surface area (Å²) in [5, 5.41) is 19.4. The van der Waals surface area contributed by atoms with Crippen molar-refractivity contribution >= 4 is 23.2 Å². The second-order valence-electron chi connectivity index (χ2n) is 5.16. The molecule has 22 heavy (non-hydrogen) atoms. The highest BCUT2D eigenvalue weighted by Crippen LogP contribution is 2.23. The van der Waals surface area contributed by atoms with Crippen LogP contribution in [0.2, 0.25) is 10.0 Å². The summed E-state index contributed by atoms with van der Waals surface area (Å²) in [5.41, 5.74) is 3.07. The largest absolute Gasteiger partial charge is 0.395 e. The molecule has 0 saturated heterocycles. The van der Waals surface area contributed by atoms with Crippen LogP contribution in [-0.2, 0) is 19.7 Å². The lowest BCUT2D eigenvalue weighted by atomic mass is 10.1. The van der Waals surface area contributed by atoms with Gasteiger partial charge in [0, 0.05) is 19.6 Å². The van der Waals surface area contributed by atoms with Crippen molar-refractivity contribution in [2.45, 2.75) is 19.7 Å². The van der Waals surface area contributed by atoms with E-state index in [2.05, 4.69) is 4.90 Å². The molecular formula is C17H19Cl2NO2. The van der Waals surface area contributed by atoms with E-state index >= 15 is 0 Å². The van der Waals surface area contributed by atoms with E-state index in [-0.39, 0.29) is 13.2 Å². The van der Waals surface area contributed by atoms with Crippen LogP contribution >= 0.6 is 23.2 Å². The second kappa shape index (κ2) is 8.51. The molecule has 0 atom stereocenters. The molecule has 0 amide bonds. The lowest BCUT2D eigenvalue weighted by molar-refractivity contribution is 0.184. The molecule has 118 valence electrons. The highest BCUT2D eigenvalue weighted by atomic mass is 35.5. The third kappa shape index (κ3) is 4.97. The second-order valence-corrected chi connectivity index (χ2v) is 5.97. The maximum Gasteiger partial charge on any atom is 0.0681 e. The van der Waals surface area contributed by atoms with Gasteiger partial charge in [-0.05, 0) is 28.8 Å². The highest BCUT2D eigenvalue weighted by molar-refractivity contribution is 6.42. The molecule has 0 aliphatic heterocycles. The van der Waals surface area contributed by atoms with Gasteiger partial charge in [-0.25, -0.2) is 0 Å². The van der Waals surface area contributed by atoms with Gasteiger partial charge in [-0.1, -0.05) is 53.5 Å². The van der Waals surface area contributed by atoms with E-state index in [1.807, 2.05) is 36.4 Å². The number of benzene rings is 2. The quantitative estimate of drug-likeness (QED) is 0.811. The molecule has 2 rings (SSSR count). The third-order valence-electron chi connectivity index (χ3n) is 3.42. The van der Waals surface area contributed by atoms with Crippen LogP contribution in [0, 0.1) is 0 Å². The van der Waals surface area contributed by atoms with E-state index < -0.39 is 0 Å². The third-order valence-corrected chi connectivity index (χ3v) is 4.16. The molecule has 0 aliphatic carbocycles. The minimum absolute atomic E-state index is 0.0455. The predicted octanol–water partition coefficient (Wildman–Crippen LogP) is 3.48. The summed E-state index contributed by atoms with van der Waals surface area (Å²) in [6.07, 6.45) is 0. The average molecular weight is 340 g/mol. The molecule has 0 radical (unpaired) electrons. The van der Waals surface area contributed by atoms with E-state index in [4.69, 9.17) is 28.3 Å². The first-order chi connectivity index (χ1) is 10.6. The summed E-state index contributed by atoms with van der Waals surface area (Å²) in [4.78, 5) is 2.13. The smallest absolute Gasteiger partial charge is 0.0681 e. The van der Waals surface area contributed by atoms with Crippen molar-refractivity contribution < 1.29 is 10.2 Å². The topological polar surface area (TPSA) is 43.7 Å². The van der Waals surface area contributed by atoms with Gasteiger partial charge < -0.3 is 10.2 Å². The number of aliphatic hydroxyl groups is 2. The molecule has 2 aromatic rings. The molecule has 0 fully saturated rings. The van der Waals surface area contributed by atoms with Gasteiger partial charge in [0.1, 0.15) is 0 Å². The van der Waals surface area contributed by atoms with Gasteiger partial charge in [0.2, 0.25) is 0 Å².